The van der Waals surface area contributed by atoms with E-state index in [1.165, 1.54) is 23.3 Å². The molecule has 0 bridgehead atoms. The minimum atomic E-state index is -0.211. The SMILES string of the molecule is Cc1ccccc1CNc1cnnc(N2CCN(c3ccc(F)cc3)CC2)n1. The zero-order valence-corrected chi connectivity index (χ0v) is 15.8. The van der Waals surface area contributed by atoms with E-state index in [1.54, 1.807) is 6.20 Å². The molecule has 4 rings (SSSR count). The second-order valence-corrected chi connectivity index (χ2v) is 6.87. The Morgan fingerprint density at radius 3 is 2.43 bits per heavy atom. The molecule has 1 aromatic heterocycles. The maximum atomic E-state index is 13.1. The number of nitrogens with one attached hydrogen (secondary N) is 1. The number of hydrogen-bond acceptors (Lipinski definition) is 6. The van der Waals surface area contributed by atoms with Crippen LogP contribution in [-0.2, 0) is 6.54 Å². The first-order chi connectivity index (χ1) is 13.7. The molecule has 2 aromatic carbocycles. The van der Waals surface area contributed by atoms with Gasteiger partial charge in [-0.05, 0) is 42.3 Å². The van der Waals surface area contributed by atoms with Crippen LogP contribution < -0.4 is 15.1 Å². The van der Waals surface area contributed by atoms with Crippen LogP contribution in [0.3, 0.4) is 0 Å². The van der Waals surface area contributed by atoms with Gasteiger partial charge in [0.05, 0.1) is 6.20 Å². The van der Waals surface area contributed by atoms with Crippen molar-refractivity contribution in [2.75, 3.05) is 41.3 Å². The Morgan fingerprint density at radius 2 is 1.68 bits per heavy atom. The number of aryl methyl sites for hydroxylation is 1. The molecular weight excluding hydrogens is 355 g/mol. The number of piperazine rings is 1. The lowest BCUT2D eigenvalue weighted by Gasteiger charge is -2.35. The lowest BCUT2D eigenvalue weighted by molar-refractivity contribution is 0.622. The van der Waals surface area contributed by atoms with E-state index in [1.807, 2.05) is 24.3 Å². The minimum absolute atomic E-state index is 0.211. The van der Waals surface area contributed by atoms with Crippen molar-refractivity contribution in [1.29, 1.82) is 0 Å². The average Bonchev–Trinajstić information content (AvgIpc) is 2.74. The van der Waals surface area contributed by atoms with E-state index >= 15 is 0 Å². The van der Waals surface area contributed by atoms with Crippen molar-refractivity contribution in [3.8, 4) is 0 Å². The second-order valence-electron chi connectivity index (χ2n) is 6.87. The van der Waals surface area contributed by atoms with E-state index in [4.69, 9.17) is 0 Å². The van der Waals surface area contributed by atoms with Crippen molar-refractivity contribution >= 4 is 17.5 Å². The molecule has 1 N–H and O–H groups in total. The van der Waals surface area contributed by atoms with Crippen LogP contribution in [0.25, 0.3) is 0 Å². The summed E-state index contributed by atoms with van der Waals surface area (Å²) in [5.41, 5.74) is 3.51. The van der Waals surface area contributed by atoms with Crippen LogP contribution in [0.15, 0.2) is 54.7 Å². The third-order valence-electron chi connectivity index (χ3n) is 5.02. The summed E-state index contributed by atoms with van der Waals surface area (Å²) < 4.78 is 13.1. The Bertz CT molecular complexity index is 922. The highest BCUT2D eigenvalue weighted by Gasteiger charge is 2.20. The summed E-state index contributed by atoms with van der Waals surface area (Å²) >= 11 is 0. The summed E-state index contributed by atoms with van der Waals surface area (Å²) in [5, 5.41) is 11.6. The van der Waals surface area contributed by atoms with Gasteiger partial charge < -0.3 is 15.1 Å². The quantitative estimate of drug-likeness (QED) is 0.736. The minimum Gasteiger partial charge on any atom is -0.368 e. The molecule has 0 spiro atoms. The maximum Gasteiger partial charge on any atom is 0.247 e. The van der Waals surface area contributed by atoms with Crippen molar-refractivity contribution in [1.82, 2.24) is 15.2 Å². The lowest BCUT2D eigenvalue weighted by Crippen LogP contribution is -2.47. The third kappa shape index (κ3) is 4.19. The molecule has 1 aliphatic heterocycles. The molecule has 0 radical (unpaired) electrons. The van der Waals surface area contributed by atoms with Crippen molar-refractivity contribution < 1.29 is 4.39 Å². The van der Waals surface area contributed by atoms with Gasteiger partial charge in [-0.15, -0.1) is 5.10 Å². The van der Waals surface area contributed by atoms with Crippen molar-refractivity contribution in [2.24, 2.45) is 0 Å². The van der Waals surface area contributed by atoms with Gasteiger partial charge in [0.2, 0.25) is 5.95 Å². The Balaban J connectivity index is 1.37. The second kappa shape index (κ2) is 8.21. The number of halogens is 1. The number of nitrogens with zero attached hydrogens (tertiary/aromatic N) is 5. The topological polar surface area (TPSA) is 57.2 Å². The van der Waals surface area contributed by atoms with E-state index in [-0.39, 0.29) is 5.82 Å². The van der Waals surface area contributed by atoms with Gasteiger partial charge in [0.15, 0.2) is 5.82 Å². The molecule has 0 saturated carbocycles. The van der Waals surface area contributed by atoms with Crippen LogP contribution in [0, 0.1) is 12.7 Å². The van der Waals surface area contributed by atoms with Crippen molar-refractivity contribution in [3.63, 3.8) is 0 Å². The first kappa shape index (κ1) is 18.2. The molecule has 144 valence electrons. The maximum absolute atomic E-state index is 13.1. The van der Waals surface area contributed by atoms with Crippen LogP contribution in [0.2, 0.25) is 0 Å². The lowest BCUT2D eigenvalue weighted by atomic mass is 10.1. The van der Waals surface area contributed by atoms with Gasteiger partial charge in [-0.3, -0.25) is 0 Å². The van der Waals surface area contributed by atoms with E-state index in [9.17, 15) is 4.39 Å². The molecule has 0 atom stereocenters. The van der Waals surface area contributed by atoms with Gasteiger partial charge in [0.25, 0.3) is 0 Å². The number of aromatic nitrogens is 3. The fraction of sp³-hybridized carbons (Fsp3) is 0.286. The number of anilines is 3. The fourth-order valence-electron chi connectivity index (χ4n) is 3.32. The Labute approximate surface area is 164 Å². The molecule has 6 nitrogen and oxygen atoms in total. The summed E-state index contributed by atoms with van der Waals surface area (Å²) in [7, 11) is 0. The van der Waals surface area contributed by atoms with Crippen LogP contribution in [-0.4, -0.2) is 41.4 Å². The van der Waals surface area contributed by atoms with Crippen molar-refractivity contribution in [3.05, 3.63) is 71.7 Å². The van der Waals surface area contributed by atoms with Gasteiger partial charge in [0.1, 0.15) is 5.82 Å². The van der Waals surface area contributed by atoms with Gasteiger partial charge in [-0.25, -0.2) is 4.39 Å². The zero-order valence-electron chi connectivity index (χ0n) is 15.8. The van der Waals surface area contributed by atoms with Crippen LogP contribution in [0.1, 0.15) is 11.1 Å². The highest BCUT2D eigenvalue weighted by atomic mass is 19.1. The first-order valence-corrected chi connectivity index (χ1v) is 9.42. The smallest absolute Gasteiger partial charge is 0.247 e. The molecule has 0 amide bonds. The standard InChI is InChI=1S/C21H23FN6/c1-16-4-2-3-5-17(16)14-23-20-15-24-26-21(25-20)28-12-10-27(11-13-28)19-8-6-18(22)7-9-19/h2-9,15H,10-14H2,1H3,(H,23,25,26). The van der Waals surface area contributed by atoms with Gasteiger partial charge >= 0.3 is 0 Å². The van der Waals surface area contributed by atoms with Crippen LogP contribution in [0.4, 0.5) is 21.8 Å². The molecule has 1 aliphatic rings. The third-order valence-corrected chi connectivity index (χ3v) is 5.02. The molecule has 1 fully saturated rings. The number of benzene rings is 2. The molecule has 1 saturated heterocycles. The summed E-state index contributed by atoms with van der Waals surface area (Å²) in [5.74, 6) is 1.14. The van der Waals surface area contributed by atoms with Gasteiger partial charge in [-0.2, -0.15) is 10.1 Å². The first-order valence-electron chi connectivity index (χ1n) is 9.42. The van der Waals surface area contributed by atoms with E-state index in [0.717, 1.165) is 31.9 Å². The highest BCUT2D eigenvalue weighted by Crippen LogP contribution is 2.19. The Hall–Kier alpha value is -3.22. The summed E-state index contributed by atoms with van der Waals surface area (Å²) in [6, 6.07) is 14.9. The Morgan fingerprint density at radius 1 is 0.964 bits per heavy atom. The van der Waals surface area contributed by atoms with Gasteiger partial charge in [0, 0.05) is 38.4 Å². The Kier molecular flexibility index (Phi) is 5.32. The molecule has 7 heteroatoms. The summed E-state index contributed by atoms with van der Waals surface area (Å²) in [6.45, 7) is 6.04. The molecule has 28 heavy (non-hydrogen) atoms. The van der Waals surface area contributed by atoms with E-state index in [0.29, 0.717) is 18.3 Å². The highest BCUT2D eigenvalue weighted by molar-refractivity contribution is 5.49. The monoisotopic (exact) mass is 378 g/mol. The predicted octanol–water partition coefficient (Wildman–Crippen LogP) is 3.26. The van der Waals surface area contributed by atoms with E-state index in [2.05, 4.69) is 49.4 Å². The average molecular weight is 378 g/mol. The number of rotatable bonds is 5. The van der Waals surface area contributed by atoms with Crippen LogP contribution in [0.5, 0.6) is 0 Å². The normalized spacial score (nSPS) is 14.2. The summed E-state index contributed by atoms with van der Waals surface area (Å²) in [4.78, 5) is 8.99. The van der Waals surface area contributed by atoms with Crippen molar-refractivity contribution in [2.45, 2.75) is 13.5 Å². The predicted molar refractivity (Wildman–Crippen MR) is 109 cm³/mol. The summed E-state index contributed by atoms with van der Waals surface area (Å²) in [6.07, 6.45) is 1.65. The largest absolute Gasteiger partial charge is 0.368 e. The van der Waals surface area contributed by atoms with Gasteiger partial charge in [-0.1, -0.05) is 24.3 Å². The molecule has 2 heterocycles. The van der Waals surface area contributed by atoms with Crippen LogP contribution >= 0.6 is 0 Å². The molecule has 3 aromatic rings. The molecule has 0 aliphatic carbocycles. The fourth-order valence-corrected chi connectivity index (χ4v) is 3.32. The molecule has 0 unspecified atom stereocenters. The number of hydrogen-bond donors (Lipinski definition) is 1. The zero-order chi connectivity index (χ0) is 19.3. The molecular formula is C21H23FN6. The van der Waals surface area contributed by atoms with E-state index < -0.39 is 0 Å².